The lowest BCUT2D eigenvalue weighted by Gasteiger charge is -2.30. The molecule has 0 spiro atoms. The van der Waals surface area contributed by atoms with Gasteiger partial charge in [-0.3, -0.25) is 4.79 Å². The van der Waals surface area contributed by atoms with E-state index in [2.05, 4.69) is 35.3 Å². The van der Waals surface area contributed by atoms with E-state index in [1.807, 2.05) is 11.9 Å². The number of nitrogens with zero attached hydrogens (tertiary/aromatic N) is 2. The van der Waals surface area contributed by atoms with Gasteiger partial charge < -0.3 is 14.8 Å². The van der Waals surface area contributed by atoms with E-state index in [4.69, 9.17) is 0 Å². The molecular weight excluding hydrogens is 226 g/mol. The number of rotatable bonds is 5. The van der Waals surface area contributed by atoms with E-state index in [0.29, 0.717) is 12.5 Å². The zero-order valence-corrected chi connectivity index (χ0v) is 11.4. The lowest BCUT2D eigenvalue weighted by Crippen LogP contribution is -2.46. The molecule has 4 nitrogen and oxygen atoms in total. The molecule has 1 aliphatic heterocycles. The third kappa shape index (κ3) is 3.35. The molecular formula is C14H23N3O. The normalized spacial score (nSPS) is 20.4. The van der Waals surface area contributed by atoms with E-state index < -0.39 is 0 Å². The van der Waals surface area contributed by atoms with Gasteiger partial charge in [0, 0.05) is 51.5 Å². The highest BCUT2D eigenvalue weighted by molar-refractivity contribution is 5.76. The van der Waals surface area contributed by atoms with Gasteiger partial charge in [-0.25, -0.2) is 0 Å². The molecule has 1 saturated heterocycles. The summed E-state index contributed by atoms with van der Waals surface area (Å²) in [5, 5.41) is 3.54. The van der Waals surface area contributed by atoms with Crippen molar-refractivity contribution in [3.63, 3.8) is 0 Å². The molecule has 0 bridgehead atoms. The van der Waals surface area contributed by atoms with Crippen molar-refractivity contribution in [3.05, 3.63) is 24.0 Å². The number of piperidine rings is 1. The number of carbonyl (C=O) groups excluding carboxylic acids is 1. The molecule has 0 aromatic carbocycles. The van der Waals surface area contributed by atoms with E-state index in [0.717, 1.165) is 32.5 Å². The fourth-order valence-corrected chi connectivity index (χ4v) is 2.43. The maximum Gasteiger partial charge on any atom is 0.222 e. The molecule has 100 valence electrons. The molecule has 18 heavy (non-hydrogen) atoms. The molecule has 4 heteroatoms. The van der Waals surface area contributed by atoms with Crippen LogP contribution in [0.4, 0.5) is 0 Å². The van der Waals surface area contributed by atoms with Crippen molar-refractivity contribution in [2.45, 2.75) is 45.3 Å². The second-order valence-electron chi connectivity index (χ2n) is 5.15. The highest BCUT2D eigenvalue weighted by Crippen LogP contribution is 2.10. The Morgan fingerprint density at radius 2 is 2.33 bits per heavy atom. The standard InChI is InChI=1S/C14H23N3O/c1-3-7-17-8-6-12(10-17)9-15-13-4-5-14(18)16(2)11-13/h6,8,10,13,15H,3-5,7,9,11H2,1-2H3. The van der Waals surface area contributed by atoms with Crippen LogP contribution in [0.15, 0.2) is 18.5 Å². The SMILES string of the molecule is CCCn1ccc(CNC2CCC(=O)N(C)C2)c1. The third-order valence-corrected chi connectivity index (χ3v) is 3.52. The second kappa shape index (κ2) is 6.05. The fourth-order valence-electron chi connectivity index (χ4n) is 2.43. The third-order valence-electron chi connectivity index (χ3n) is 3.52. The van der Waals surface area contributed by atoms with Crippen molar-refractivity contribution in [2.24, 2.45) is 0 Å². The summed E-state index contributed by atoms with van der Waals surface area (Å²) in [5.41, 5.74) is 1.32. The van der Waals surface area contributed by atoms with Gasteiger partial charge in [0.25, 0.3) is 0 Å². The predicted molar refractivity (Wildman–Crippen MR) is 72.2 cm³/mol. The maximum atomic E-state index is 11.4. The Hall–Kier alpha value is -1.29. The van der Waals surface area contributed by atoms with E-state index in [9.17, 15) is 4.79 Å². The smallest absolute Gasteiger partial charge is 0.222 e. The summed E-state index contributed by atoms with van der Waals surface area (Å²) in [7, 11) is 1.88. The molecule has 1 N–H and O–H groups in total. The minimum Gasteiger partial charge on any atom is -0.354 e. The molecule has 0 radical (unpaired) electrons. The van der Waals surface area contributed by atoms with Gasteiger partial charge in [-0.2, -0.15) is 0 Å². The first kappa shape index (κ1) is 13.1. The Kier molecular flexibility index (Phi) is 4.42. The van der Waals surface area contributed by atoms with Crippen LogP contribution >= 0.6 is 0 Å². The lowest BCUT2D eigenvalue weighted by molar-refractivity contribution is -0.132. The first-order valence-electron chi connectivity index (χ1n) is 6.81. The first-order chi connectivity index (χ1) is 8.69. The molecule has 1 atom stereocenters. The van der Waals surface area contributed by atoms with Crippen LogP contribution < -0.4 is 5.32 Å². The highest BCUT2D eigenvalue weighted by Gasteiger charge is 2.22. The minimum absolute atomic E-state index is 0.266. The van der Waals surface area contributed by atoms with Gasteiger partial charge in [-0.05, 0) is 24.5 Å². The monoisotopic (exact) mass is 249 g/mol. The average molecular weight is 249 g/mol. The number of likely N-dealkylation sites (N-methyl/N-ethyl adjacent to an activating group) is 1. The Labute approximate surface area is 109 Å². The van der Waals surface area contributed by atoms with E-state index >= 15 is 0 Å². The van der Waals surface area contributed by atoms with Crippen LogP contribution in [0.3, 0.4) is 0 Å². The summed E-state index contributed by atoms with van der Waals surface area (Å²) in [4.78, 5) is 13.2. The zero-order valence-electron chi connectivity index (χ0n) is 11.4. The fraction of sp³-hybridized carbons (Fsp3) is 0.643. The quantitative estimate of drug-likeness (QED) is 0.861. The molecule has 2 rings (SSSR count). The minimum atomic E-state index is 0.266. The van der Waals surface area contributed by atoms with Gasteiger partial charge in [0.05, 0.1) is 0 Å². The van der Waals surface area contributed by atoms with Crippen LogP contribution in [0.5, 0.6) is 0 Å². The first-order valence-corrected chi connectivity index (χ1v) is 6.81. The van der Waals surface area contributed by atoms with Gasteiger partial charge in [0.2, 0.25) is 5.91 Å². The van der Waals surface area contributed by atoms with Crippen molar-refractivity contribution in [1.29, 1.82) is 0 Å². The highest BCUT2D eigenvalue weighted by atomic mass is 16.2. The number of nitrogens with one attached hydrogen (secondary N) is 1. The van der Waals surface area contributed by atoms with Crippen molar-refractivity contribution in [1.82, 2.24) is 14.8 Å². The van der Waals surface area contributed by atoms with Crippen LogP contribution in [-0.4, -0.2) is 35.0 Å². The Morgan fingerprint density at radius 3 is 3.06 bits per heavy atom. The summed E-state index contributed by atoms with van der Waals surface area (Å²) < 4.78 is 2.23. The maximum absolute atomic E-state index is 11.4. The van der Waals surface area contributed by atoms with Crippen LogP contribution in [0, 0.1) is 0 Å². The molecule has 0 saturated carbocycles. The predicted octanol–water partition coefficient (Wildman–Crippen LogP) is 1.61. The Balaban J connectivity index is 1.78. The van der Waals surface area contributed by atoms with Gasteiger partial charge in [0.1, 0.15) is 0 Å². The summed E-state index contributed by atoms with van der Waals surface area (Å²) in [6, 6.07) is 2.60. The van der Waals surface area contributed by atoms with Crippen molar-refractivity contribution < 1.29 is 4.79 Å². The van der Waals surface area contributed by atoms with Crippen LogP contribution in [0.1, 0.15) is 31.7 Å². The molecule has 2 heterocycles. The second-order valence-corrected chi connectivity index (χ2v) is 5.15. The Morgan fingerprint density at radius 1 is 1.50 bits per heavy atom. The number of hydrogen-bond donors (Lipinski definition) is 1. The van der Waals surface area contributed by atoms with Crippen LogP contribution in [0.2, 0.25) is 0 Å². The van der Waals surface area contributed by atoms with Gasteiger partial charge in [-0.1, -0.05) is 6.92 Å². The van der Waals surface area contributed by atoms with Gasteiger partial charge >= 0.3 is 0 Å². The van der Waals surface area contributed by atoms with E-state index in [-0.39, 0.29) is 5.91 Å². The molecule has 1 aromatic rings. The number of aromatic nitrogens is 1. The number of carbonyl (C=O) groups is 1. The topological polar surface area (TPSA) is 37.3 Å². The van der Waals surface area contributed by atoms with Crippen LogP contribution in [0.25, 0.3) is 0 Å². The number of hydrogen-bond acceptors (Lipinski definition) is 2. The molecule has 1 aromatic heterocycles. The molecule has 0 aliphatic carbocycles. The van der Waals surface area contributed by atoms with Gasteiger partial charge in [0.15, 0.2) is 0 Å². The number of likely N-dealkylation sites (tertiary alicyclic amines) is 1. The summed E-state index contributed by atoms with van der Waals surface area (Å²) >= 11 is 0. The molecule has 1 aliphatic rings. The lowest BCUT2D eigenvalue weighted by atomic mass is 10.1. The van der Waals surface area contributed by atoms with E-state index in [1.165, 1.54) is 5.56 Å². The zero-order chi connectivity index (χ0) is 13.0. The van der Waals surface area contributed by atoms with E-state index in [1.54, 1.807) is 0 Å². The average Bonchev–Trinajstić information content (AvgIpc) is 2.79. The Bertz CT molecular complexity index is 399. The number of aryl methyl sites for hydroxylation is 1. The summed E-state index contributed by atoms with van der Waals surface area (Å²) in [6.07, 6.45) is 7.13. The number of amides is 1. The molecule has 1 amide bonds. The molecule has 1 unspecified atom stereocenters. The van der Waals surface area contributed by atoms with Crippen molar-refractivity contribution in [3.8, 4) is 0 Å². The largest absolute Gasteiger partial charge is 0.354 e. The van der Waals surface area contributed by atoms with Gasteiger partial charge in [-0.15, -0.1) is 0 Å². The summed E-state index contributed by atoms with van der Waals surface area (Å²) in [6.45, 7) is 4.99. The van der Waals surface area contributed by atoms with Crippen molar-refractivity contribution in [2.75, 3.05) is 13.6 Å². The van der Waals surface area contributed by atoms with Crippen LogP contribution in [-0.2, 0) is 17.9 Å². The molecule has 1 fully saturated rings. The van der Waals surface area contributed by atoms with Crippen molar-refractivity contribution >= 4 is 5.91 Å². The summed E-state index contributed by atoms with van der Waals surface area (Å²) in [5.74, 6) is 0.266.